The van der Waals surface area contributed by atoms with Crippen LogP contribution >= 0.6 is 11.6 Å². The minimum absolute atomic E-state index is 0.0851. The monoisotopic (exact) mass is 282 g/mol. The summed E-state index contributed by atoms with van der Waals surface area (Å²) in [7, 11) is 2.81. The van der Waals surface area contributed by atoms with E-state index in [4.69, 9.17) is 21.1 Å². The molecule has 0 aliphatic rings. The third-order valence-electron chi connectivity index (χ3n) is 2.69. The molecule has 19 heavy (non-hydrogen) atoms. The maximum atomic E-state index is 11.2. The molecule has 0 N–H and O–H groups in total. The van der Waals surface area contributed by atoms with Gasteiger partial charge in [0.25, 0.3) is 0 Å². The summed E-state index contributed by atoms with van der Waals surface area (Å²) in [5.74, 6) is 0.463. The number of ether oxygens (including phenoxy) is 2. The minimum atomic E-state index is -0.538. The van der Waals surface area contributed by atoms with Gasteiger partial charge >= 0.3 is 5.69 Å². The second kappa shape index (κ2) is 4.89. The Balaban J connectivity index is 3.02. The Morgan fingerprint density at radius 3 is 2.42 bits per heavy atom. The summed E-state index contributed by atoms with van der Waals surface area (Å²) in [6.45, 7) is 1.75. The zero-order valence-corrected chi connectivity index (χ0v) is 11.3. The van der Waals surface area contributed by atoms with Gasteiger partial charge in [0, 0.05) is 11.8 Å². The van der Waals surface area contributed by atoms with Crippen LogP contribution in [0.1, 0.15) is 5.69 Å². The summed E-state index contributed by atoms with van der Waals surface area (Å²) in [6, 6.07) is 3.00. The van der Waals surface area contributed by atoms with Gasteiger partial charge in [0.15, 0.2) is 0 Å². The van der Waals surface area contributed by atoms with E-state index in [1.165, 1.54) is 20.3 Å². The molecule has 100 valence electrons. The largest absolute Gasteiger partial charge is 0.494 e. The molecule has 1 aromatic carbocycles. The van der Waals surface area contributed by atoms with Gasteiger partial charge in [0.05, 0.1) is 24.2 Å². The lowest BCUT2D eigenvalue weighted by molar-refractivity contribution is -0.384. The summed E-state index contributed by atoms with van der Waals surface area (Å²) in [5, 5.41) is 11.7. The Kier molecular flexibility index (Phi) is 3.44. The smallest absolute Gasteiger partial charge is 0.322 e. The number of fused-ring (bicyclic) bond motifs is 1. The van der Waals surface area contributed by atoms with Gasteiger partial charge in [-0.2, -0.15) is 0 Å². The van der Waals surface area contributed by atoms with Crippen LogP contribution in [0, 0.1) is 17.0 Å². The van der Waals surface area contributed by atoms with Gasteiger partial charge in [-0.15, -0.1) is 0 Å². The predicted molar refractivity (Wildman–Crippen MR) is 71.2 cm³/mol. The van der Waals surface area contributed by atoms with Crippen LogP contribution in [-0.4, -0.2) is 24.1 Å². The summed E-state index contributed by atoms with van der Waals surface area (Å²) in [6.07, 6.45) is 0. The van der Waals surface area contributed by atoms with Crippen LogP contribution in [0.25, 0.3) is 10.9 Å². The molecule has 0 atom stereocenters. The van der Waals surface area contributed by atoms with Gasteiger partial charge in [-0.25, -0.2) is 4.98 Å². The Labute approximate surface area is 114 Å². The first kappa shape index (κ1) is 13.4. The fourth-order valence-electron chi connectivity index (χ4n) is 1.91. The number of pyridine rings is 1. The van der Waals surface area contributed by atoms with E-state index in [9.17, 15) is 10.1 Å². The Morgan fingerprint density at radius 1 is 1.26 bits per heavy atom. The second-order valence-electron chi connectivity index (χ2n) is 3.86. The van der Waals surface area contributed by atoms with Crippen molar-refractivity contribution < 1.29 is 14.4 Å². The first-order chi connectivity index (χ1) is 8.99. The van der Waals surface area contributed by atoms with Gasteiger partial charge in [0.2, 0.25) is 5.75 Å². The maximum Gasteiger partial charge on any atom is 0.322 e. The van der Waals surface area contributed by atoms with Crippen molar-refractivity contribution in [3.05, 3.63) is 33.0 Å². The van der Waals surface area contributed by atoms with Crippen molar-refractivity contribution in [3.63, 3.8) is 0 Å². The van der Waals surface area contributed by atoms with Crippen molar-refractivity contribution in [1.29, 1.82) is 0 Å². The Morgan fingerprint density at radius 2 is 1.89 bits per heavy atom. The molecule has 0 fully saturated rings. The number of hydrogen-bond donors (Lipinski definition) is 0. The molecule has 7 heteroatoms. The number of benzene rings is 1. The van der Waals surface area contributed by atoms with Gasteiger partial charge < -0.3 is 9.47 Å². The SMILES string of the molecule is COc1cc(OC)c2nc(C)cc(Cl)c2c1[N+](=O)[O-]. The number of nitro benzene ring substituents is 1. The number of aromatic nitrogens is 1. The standard InChI is InChI=1S/C12H11ClN2O4/c1-6-4-7(13)10-11(14-6)8(18-2)5-9(19-3)12(10)15(16)17/h4-5H,1-3H3. The van der Waals surface area contributed by atoms with Crippen molar-refractivity contribution in [2.75, 3.05) is 14.2 Å². The highest BCUT2D eigenvalue weighted by Crippen LogP contribution is 2.43. The minimum Gasteiger partial charge on any atom is -0.494 e. The quantitative estimate of drug-likeness (QED) is 0.638. The van der Waals surface area contributed by atoms with Crippen molar-refractivity contribution in [3.8, 4) is 11.5 Å². The lowest BCUT2D eigenvalue weighted by Gasteiger charge is -2.11. The maximum absolute atomic E-state index is 11.2. The van der Waals surface area contributed by atoms with E-state index < -0.39 is 4.92 Å². The molecule has 2 rings (SSSR count). The lowest BCUT2D eigenvalue weighted by atomic mass is 10.1. The topological polar surface area (TPSA) is 74.5 Å². The molecule has 2 aromatic rings. The summed E-state index contributed by atoms with van der Waals surface area (Å²) < 4.78 is 10.2. The second-order valence-corrected chi connectivity index (χ2v) is 4.26. The molecule has 0 aliphatic heterocycles. The van der Waals surface area contributed by atoms with Gasteiger partial charge in [-0.05, 0) is 13.0 Å². The lowest BCUT2D eigenvalue weighted by Crippen LogP contribution is -1.99. The van der Waals surface area contributed by atoms with E-state index >= 15 is 0 Å². The molecule has 1 heterocycles. The predicted octanol–water partition coefficient (Wildman–Crippen LogP) is 3.12. The number of nitrogens with zero attached hydrogens (tertiary/aromatic N) is 2. The average molecular weight is 283 g/mol. The van der Waals surface area contributed by atoms with Crippen LogP contribution in [0.2, 0.25) is 5.02 Å². The van der Waals surface area contributed by atoms with E-state index in [-0.39, 0.29) is 21.8 Å². The van der Waals surface area contributed by atoms with Crippen LogP contribution in [-0.2, 0) is 0 Å². The van der Waals surface area contributed by atoms with E-state index in [1.807, 2.05) is 0 Å². The highest BCUT2D eigenvalue weighted by atomic mass is 35.5. The molecule has 0 amide bonds. The highest BCUT2D eigenvalue weighted by molar-refractivity contribution is 6.36. The first-order valence-corrected chi connectivity index (χ1v) is 5.73. The van der Waals surface area contributed by atoms with Crippen molar-refractivity contribution in [2.24, 2.45) is 0 Å². The van der Waals surface area contributed by atoms with Crippen LogP contribution < -0.4 is 9.47 Å². The van der Waals surface area contributed by atoms with Gasteiger partial charge in [-0.1, -0.05) is 11.6 Å². The third-order valence-corrected chi connectivity index (χ3v) is 2.99. The number of nitro groups is 1. The van der Waals surface area contributed by atoms with Crippen molar-refractivity contribution in [2.45, 2.75) is 6.92 Å². The number of hydrogen-bond acceptors (Lipinski definition) is 5. The zero-order chi connectivity index (χ0) is 14.2. The molecule has 0 saturated heterocycles. The van der Waals surface area contributed by atoms with Gasteiger partial charge in [0.1, 0.15) is 16.7 Å². The number of halogens is 1. The summed E-state index contributed by atoms with van der Waals surface area (Å²) in [5.41, 5.74) is 0.783. The fraction of sp³-hybridized carbons (Fsp3) is 0.250. The molecule has 6 nitrogen and oxygen atoms in total. The molecule has 1 aromatic heterocycles. The molecular formula is C12H11ClN2O4. The Bertz CT molecular complexity index is 673. The molecule has 0 aliphatic carbocycles. The van der Waals surface area contributed by atoms with Crippen LogP contribution in [0.3, 0.4) is 0 Å². The highest BCUT2D eigenvalue weighted by Gasteiger charge is 2.26. The normalized spacial score (nSPS) is 10.5. The molecule has 0 saturated carbocycles. The zero-order valence-electron chi connectivity index (χ0n) is 10.6. The first-order valence-electron chi connectivity index (χ1n) is 5.35. The van der Waals surface area contributed by atoms with E-state index in [0.717, 1.165) is 0 Å². The molecule has 0 bridgehead atoms. The van der Waals surface area contributed by atoms with E-state index in [1.54, 1.807) is 13.0 Å². The molecular weight excluding hydrogens is 272 g/mol. The van der Waals surface area contributed by atoms with Crippen LogP contribution in [0.15, 0.2) is 12.1 Å². The third kappa shape index (κ3) is 2.15. The summed E-state index contributed by atoms with van der Waals surface area (Å²) >= 11 is 6.11. The van der Waals surface area contributed by atoms with Crippen molar-refractivity contribution >= 4 is 28.2 Å². The molecule has 0 unspecified atom stereocenters. The van der Waals surface area contributed by atoms with Crippen LogP contribution in [0.4, 0.5) is 5.69 Å². The number of methoxy groups -OCH3 is 2. The van der Waals surface area contributed by atoms with Crippen LogP contribution in [0.5, 0.6) is 11.5 Å². The number of aryl methyl sites for hydroxylation is 1. The summed E-state index contributed by atoms with van der Waals surface area (Å²) in [4.78, 5) is 14.9. The molecule has 0 spiro atoms. The van der Waals surface area contributed by atoms with E-state index in [2.05, 4.69) is 4.98 Å². The van der Waals surface area contributed by atoms with Crippen molar-refractivity contribution in [1.82, 2.24) is 4.98 Å². The molecule has 0 radical (unpaired) electrons. The van der Waals surface area contributed by atoms with Gasteiger partial charge in [-0.3, -0.25) is 10.1 Å². The number of rotatable bonds is 3. The Hall–Kier alpha value is -2.08. The average Bonchev–Trinajstić information content (AvgIpc) is 2.36. The van der Waals surface area contributed by atoms with E-state index in [0.29, 0.717) is 17.0 Å². The fourth-order valence-corrected chi connectivity index (χ4v) is 2.25.